The van der Waals surface area contributed by atoms with Gasteiger partial charge in [0.05, 0.1) is 11.4 Å². The molecule has 2 aromatic heterocycles. The number of aromatic amines is 1. The quantitative estimate of drug-likeness (QED) is 0.0546. The lowest BCUT2D eigenvalue weighted by Crippen LogP contribution is -2.49. The zero-order valence-electron chi connectivity index (χ0n) is 51.8. The van der Waals surface area contributed by atoms with E-state index in [1.807, 2.05) is 60.7 Å². The van der Waals surface area contributed by atoms with Gasteiger partial charge >= 0.3 is 23.9 Å². The molecule has 0 spiro atoms. The Balaban J connectivity index is 1.53. The number of nitrogens with zero attached hydrogens (tertiary/aromatic N) is 4. The summed E-state index contributed by atoms with van der Waals surface area (Å²) in [5.41, 5.74) is 0.819. The molecule has 3 aliphatic rings. The summed E-state index contributed by atoms with van der Waals surface area (Å²) in [4.78, 5) is 91.2. The van der Waals surface area contributed by atoms with Crippen LogP contribution in [0.1, 0.15) is 165 Å². The van der Waals surface area contributed by atoms with E-state index in [0.717, 1.165) is 25.7 Å². The molecule has 4 unspecified atom stereocenters. The third-order valence-electron chi connectivity index (χ3n) is 16.5. The highest BCUT2D eigenvalue weighted by molar-refractivity contribution is 6.32. The average molecular weight is 1140 g/mol. The zero-order chi connectivity index (χ0) is 61.3. The monoisotopic (exact) mass is 1140 g/mol. The number of carboxylic acids is 2. The molecule has 0 radical (unpaired) electrons. The molecule has 83 heavy (non-hydrogen) atoms. The molecule has 7 N–H and O–H groups in total. The maximum absolute atomic E-state index is 15.9. The first kappa shape index (κ1) is 63.2. The predicted octanol–water partition coefficient (Wildman–Crippen LogP) is 13.1. The second kappa shape index (κ2) is 24.5. The van der Waals surface area contributed by atoms with Crippen molar-refractivity contribution < 1.29 is 43.7 Å². The molecule has 1 amide bonds. The standard InChI is InChI=1S/C65H89N9O9/c1-35-28-39(61(3,4)5)51(40(29-35)62(6,7)8)82-55(79)49-47(37-24-20-18-21-25-37)43(68-53(49)70-57(81)65(15,16)17)32-44-48(38-26-22-19-23-27-38)50(56(80)83-52-41(63(9,10)11)30-36(2)31-42(52)64(12,13)14)54(69-44)71-60-73-58(66-33-45(75)76)72-59(74-60)67-34-46(77)78/h18-27,32,35-36,39-42,51-52,68H,28-31,33-34H2,1-17H3,(H,70,81)(H,75,76)(H,77,78)(H3,66,67,69,71,72,73,74)/b44-32-. The molecule has 18 heteroatoms. The first-order valence-corrected chi connectivity index (χ1v) is 29.1. The number of H-pyrrole nitrogens is 1. The van der Waals surface area contributed by atoms with Gasteiger partial charge in [0.15, 0.2) is 0 Å². The van der Waals surface area contributed by atoms with Crippen LogP contribution in [0.25, 0.3) is 22.8 Å². The van der Waals surface area contributed by atoms with Gasteiger partial charge in [0, 0.05) is 40.2 Å². The number of hydrogen-bond acceptors (Lipinski definition) is 14. The summed E-state index contributed by atoms with van der Waals surface area (Å²) in [6.07, 6.45) is 4.11. The second-order valence-electron chi connectivity index (χ2n) is 28.5. The number of nitrogens with one attached hydrogen (secondary N) is 5. The summed E-state index contributed by atoms with van der Waals surface area (Å²) >= 11 is 0. The maximum Gasteiger partial charge on any atom is 0.342 e. The number of aliphatic imine (C=N–C) groups is 1. The van der Waals surface area contributed by atoms with Crippen LogP contribution >= 0.6 is 0 Å². The summed E-state index contributed by atoms with van der Waals surface area (Å²) in [6, 6.07) is 18.6. The summed E-state index contributed by atoms with van der Waals surface area (Å²) < 4.78 is 14.0. The Morgan fingerprint density at radius 1 is 0.590 bits per heavy atom. The van der Waals surface area contributed by atoms with Crippen molar-refractivity contribution in [2.45, 2.75) is 156 Å². The van der Waals surface area contributed by atoms with Crippen molar-refractivity contribution in [2.75, 3.05) is 34.4 Å². The highest BCUT2D eigenvalue weighted by Crippen LogP contribution is 2.52. The number of anilines is 4. The average Bonchev–Trinajstić information content (AvgIpc) is 4.15. The molecule has 448 valence electrons. The van der Waals surface area contributed by atoms with Crippen LogP contribution in [0.2, 0.25) is 0 Å². The van der Waals surface area contributed by atoms with Gasteiger partial charge in [-0.1, -0.05) is 178 Å². The lowest BCUT2D eigenvalue weighted by Gasteiger charge is -2.50. The summed E-state index contributed by atoms with van der Waals surface area (Å²) in [5, 5.41) is 30.7. The predicted molar refractivity (Wildman–Crippen MR) is 326 cm³/mol. The number of ether oxygens (including phenoxy) is 2. The molecule has 18 nitrogen and oxygen atoms in total. The molecule has 2 saturated carbocycles. The molecule has 7 rings (SSSR count). The molecule has 2 aromatic carbocycles. The van der Waals surface area contributed by atoms with Crippen molar-refractivity contribution in [3.05, 3.63) is 88.8 Å². The van der Waals surface area contributed by atoms with E-state index in [-0.39, 0.29) is 97.6 Å². The number of esters is 2. The number of amides is 1. The number of allylic oxidation sites excluding steroid dienone is 1. The van der Waals surface area contributed by atoms with Crippen molar-refractivity contribution in [2.24, 2.45) is 67.6 Å². The van der Waals surface area contributed by atoms with E-state index in [4.69, 9.17) is 14.5 Å². The van der Waals surface area contributed by atoms with Crippen LogP contribution in [0.4, 0.5) is 23.7 Å². The highest BCUT2D eigenvalue weighted by Gasteiger charge is 2.51. The van der Waals surface area contributed by atoms with E-state index in [1.54, 1.807) is 26.8 Å². The molecule has 0 bridgehead atoms. The highest BCUT2D eigenvalue weighted by atomic mass is 16.5. The number of carbonyl (C=O) groups is 5. The van der Waals surface area contributed by atoms with Gasteiger partial charge in [-0.2, -0.15) is 15.0 Å². The molecule has 3 heterocycles. The minimum atomic E-state index is -1.21. The summed E-state index contributed by atoms with van der Waals surface area (Å²) in [5.74, 6) is -3.96. The summed E-state index contributed by atoms with van der Waals surface area (Å²) in [6.45, 7) is 34.9. The first-order valence-electron chi connectivity index (χ1n) is 29.1. The number of rotatable bonds is 15. The molecule has 4 aromatic rings. The minimum absolute atomic E-state index is 0.00930. The normalized spacial score (nSPS) is 23.0. The molecular weight excluding hydrogens is 1050 g/mol. The van der Waals surface area contributed by atoms with Crippen molar-refractivity contribution in [3.8, 4) is 11.1 Å². The van der Waals surface area contributed by atoms with Gasteiger partial charge in [-0.25, -0.2) is 14.6 Å². The van der Waals surface area contributed by atoms with Crippen LogP contribution in [0.5, 0.6) is 0 Å². The van der Waals surface area contributed by atoms with E-state index in [1.165, 1.54) is 0 Å². The Labute approximate surface area is 490 Å². The molecule has 4 atom stereocenters. The fraction of sp³-hybridized carbons (Fsp3) is 0.554. The number of amidine groups is 1. The van der Waals surface area contributed by atoms with Crippen LogP contribution in [0.3, 0.4) is 0 Å². The van der Waals surface area contributed by atoms with Gasteiger partial charge in [-0.15, -0.1) is 0 Å². The Kier molecular flexibility index (Phi) is 18.6. The molecule has 2 fully saturated rings. The van der Waals surface area contributed by atoms with E-state index >= 15 is 9.59 Å². The minimum Gasteiger partial charge on any atom is -0.480 e. The number of benzene rings is 2. The summed E-state index contributed by atoms with van der Waals surface area (Å²) in [7, 11) is 0. The number of aromatic nitrogens is 4. The van der Waals surface area contributed by atoms with Gasteiger partial charge in [-0.05, 0) is 76.4 Å². The van der Waals surface area contributed by atoms with Gasteiger partial charge in [-0.3, -0.25) is 14.4 Å². The van der Waals surface area contributed by atoms with E-state index in [9.17, 15) is 24.6 Å². The van der Waals surface area contributed by atoms with E-state index in [0.29, 0.717) is 39.8 Å². The van der Waals surface area contributed by atoms with Crippen LogP contribution in [0.15, 0.2) is 76.9 Å². The van der Waals surface area contributed by atoms with Crippen LogP contribution < -0.4 is 21.3 Å². The topological polar surface area (TPSA) is 259 Å². The lowest BCUT2D eigenvalue weighted by atomic mass is 9.59. The van der Waals surface area contributed by atoms with Crippen molar-refractivity contribution in [1.29, 1.82) is 0 Å². The largest absolute Gasteiger partial charge is 0.480 e. The number of carbonyl (C=O) groups excluding carboxylic acids is 3. The molecule has 1 aliphatic heterocycles. The smallest absolute Gasteiger partial charge is 0.342 e. The van der Waals surface area contributed by atoms with Gasteiger partial charge in [0.25, 0.3) is 0 Å². The van der Waals surface area contributed by atoms with Crippen molar-refractivity contribution in [3.63, 3.8) is 0 Å². The van der Waals surface area contributed by atoms with Gasteiger partial charge in [0.1, 0.15) is 48.1 Å². The SMILES string of the molecule is CC1CC(C(C)(C)C)C(OC(=O)C2=C(c3ccccc3)/C(=C/c3[nH]c(NC(=O)C(C)(C)C)c(C(=O)OC4C(C(C)(C)C)CC(C)CC4C(C)(C)C)c3-c3ccccc3)N=C2Nc2nc(NCC(=O)O)nc(NCC(=O)O)n2)C(C(C)(C)C)C1. The Morgan fingerprint density at radius 2 is 1.00 bits per heavy atom. The fourth-order valence-electron chi connectivity index (χ4n) is 12.1. The third kappa shape index (κ3) is 15.3. The van der Waals surface area contributed by atoms with Crippen molar-refractivity contribution in [1.82, 2.24) is 19.9 Å². The molecule has 2 aliphatic carbocycles. The Morgan fingerprint density at radius 3 is 1.41 bits per heavy atom. The number of hydrogen-bond donors (Lipinski definition) is 7. The Hall–Kier alpha value is -7.37. The van der Waals surface area contributed by atoms with Crippen LogP contribution in [-0.4, -0.2) is 91.1 Å². The Bertz CT molecular complexity index is 3060. The molecular formula is C65H89N9O9. The van der Waals surface area contributed by atoms with E-state index < -0.39 is 54.6 Å². The zero-order valence-corrected chi connectivity index (χ0v) is 51.8. The van der Waals surface area contributed by atoms with Crippen LogP contribution in [0, 0.1) is 62.6 Å². The third-order valence-corrected chi connectivity index (χ3v) is 16.5. The van der Waals surface area contributed by atoms with Crippen molar-refractivity contribution >= 4 is 70.9 Å². The first-order chi connectivity index (χ1) is 38.5. The number of aliphatic carboxylic acids is 2. The van der Waals surface area contributed by atoms with Crippen LogP contribution in [-0.2, 0) is 28.7 Å². The lowest BCUT2D eigenvalue weighted by molar-refractivity contribution is -0.164. The fourth-order valence-corrected chi connectivity index (χ4v) is 12.1. The molecule has 0 saturated heterocycles. The second-order valence-corrected chi connectivity index (χ2v) is 28.5. The van der Waals surface area contributed by atoms with Gasteiger partial charge < -0.3 is 45.9 Å². The maximum atomic E-state index is 15.9. The number of carboxylic acid groups (broad SMARTS) is 2. The van der Waals surface area contributed by atoms with Gasteiger partial charge in [0.2, 0.25) is 23.8 Å². The van der Waals surface area contributed by atoms with E-state index in [2.05, 4.69) is 138 Å².